The molecular weight excluding hydrogens is 254 g/mol. The van der Waals surface area contributed by atoms with Crippen molar-refractivity contribution < 1.29 is 4.74 Å². The van der Waals surface area contributed by atoms with E-state index in [1.807, 2.05) is 25.6 Å². The maximum absolute atomic E-state index is 5.04. The van der Waals surface area contributed by atoms with Gasteiger partial charge in [-0.15, -0.1) is 0 Å². The average molecular weight is 277 g/mol. The number of unbranched alkanes of at least 4 members (excludes halogenated alkanes) is 1. The van der Waals surface area contributed by atoms with Crippen LogP contribution < -0.4 is 5.32 Å². The summed E-state index contributed by atoms with van der Waals surface area (Å²) in [6.45, 7) is 5.48. The molecule has 1 N–H and O–H groups in total. The van der Waals surface area contributed by atoms with E-state index in [1.54, 1.807) is 7.11 Å². The zero-order chi connectivity index (χ0) is 14.2. The number of imidazole rings is 2. The van der Waals surface area contributed by atoms with Crippen molar-refractivity contribution in [1.29, 1.82) is 0 Å². The van der Waals surface area contributed by atoms with Crippen LogP contribution in [-0.4, -0.2) is 39.4 Å². The summed E-state index contributed by atoms with van der Waals surface area (Å²) in [6, 6.07) is 0. The standard InChI is InChI=1S/C14H23N5O/c1-13-11-19(14(17-13)16-6-10-20-2)8-4-3-7-18-9-5-15-12-18/h5,9,11-12H,3-4,6-8,10H2,1-2H3,(H,16,17). The number of ether oxygens (including phenoxy) is 1. The molecule has 20 heavy (non-hydrogen) atoms. The van der Waals surface area contributed by atoms with Gasteiger partial charge < -0.3 is 19.2 Å². The molecule has 0 saturated carbocycles. The van der Waals surface area contributed by atoms with Crippen molar-refractivity contribution in [2.24, 2.45) is 0 Å². The van der Waals surface area contributed by atoms with Gasteiger partial charge >= 0.3 is 0 Å². The maximum atomic E-state index is 5.04. The molecule has 0 atom stereocenters. The first-order valence-electron chi connectivity index (χ1n) is 7.02. The molecule has 0 radical (unpaired) electrons. The molecule has 0 fully saturated rings. The van der Waals surface area contributed by atoms with E-state index in [9.17, 15) is 0 Å². The fourth-order valence-electron chi connectivity index (χ4n) is 2.12. The molecule has 6 nitrogen and oxygen atoms in total. The Morgan fingerprint density at radius 1 is 1.30 bits per heavy atom. The zero-order valence-corrected chi connectivity index (χ0v) is 12.2. The molecule has 0 bridgehead atoms. The molecule has 0 spiro atoms. The van der Waals surface area contributed by atoms with Gasteiger partial charge in [0.2, 0.25) is 5.95 Å². The van der Waals surface area contributed by atoms with Crippen LogP contribution in [0.5, 0.6) is 0 Å². The van der Waals surface area contributed by atoms with E-state index in [4.69, 9.17) is 4.74 Å². The summed E-state index contributed by atoms with van der Waals surface area (Å²) >= 11 is 0. The minimum absolute atomic E-state index is 0.687. The lowest BCUT2D eigenvalue weighted by atomic mass is 10.3. The minimum Gasteiger partial charge on any atom is -0.383 e. The number of aromatic nitrogens is 4. The normalized spacial score (nSPS) is 10.9. The van der Waals surface area contributed by atoms with Crippen molar-refractivity contribution in [3.8, 4) is 0 Å². The molecule has 0 saturated heterocycles. The number of hydrogen-bond donors (Lipinski definition) is 1. The lowest BCUT2D eigenvalue weighted by Crippen LogP contribution is -2.12. The summed E-state index contributed by atoms with van der Waals surface area (Å²) in [5.74, 6) is 0.933. The van der Waals surface area contributed by atoms with E-state index >= 15 is 0 Å². The highest BCUT2D eigenvalue weighted by atomic mass is 16.5. The van der Waals surface area contributed by atoms with Crippen molar-refractivity contribution in [2.45, 2.75) is 32.9 Å². The van der Waals surface area contributed by atoms with Crippen LogP contribution in [0.25, 0.3) is 0 Å². The van der Waals surface area contributed by atoms with Gasteiger partial charge in [-0.25, -0.2) is 9.97 Å². The lowest BCUT2D eigenvalue weighted by molar-refractivity contribution is 0.210. The number of nitrogens with zero attached hydrogens (tertiary/aromatic N) is 4. The first-order chi connectivity index (χ1) is 9.79. The number of methoxy groups -OCH3 is 1. The molecule has 0 unspecified atom stereocenters. The van der Waals surface area contributed by atoms with Gasteiger partial charge in [-0.1, -0.05) is 0 Å². The molecule has 2 aromatic heterocycles. The summed E-state index contributed by atoms with van der Waals surface area (Å²) in [6.07, 6.45) is 10.0. The van der Waals surface area contributed by atoms with Gasteiger partial charge in [-0.3, -0.25) is 0 Å². The molecule has 2 rings (SSSR count). The van der Waals surface area contributed by atoms with Crippen LogP contribution >= 0.6 is 0 Å². The molecule has 0 aromatic carbocycles. The van der Waals surface area contributed by atoms with Gasteiger partial charge in [0.1, 0.15) is 0 Å². The Bertz CT molecular complexity index is 492. The topological polar surface area (TPSA) is 56.9 Å². The maximum Gasteiger partial charge on any atom is 0.203 e. The summed E-state index contributed by atoms with van der Waals surface area (Å²) in [4.78, 5) is 8.54. The number of hydrogen-bond acceptors (Lipinski definition) is 4. The molecule has 0 aliphatic heterocycles. The fourth-order valence-corrected chi connectivity index (χ4v) is 2.12. The van der Waals surface area contributed by atoms with Gasteiger partial charge in [0, 0.05) is 45.3 Å². The molecule has 0 aliphatic rings. The van der Waals surface area contributed by atoms with Crippen LogP contribution in [-0.2, 0) is 17.8 Å². The second kappa shape index (κ2) is 7.69. The molecule has 0 aliphatic carbocycles. The Labute approximate surface area is 119 Å². The van der Waals surface area contributed by atoms with Crippen LogP contribution in [0.2, 0.25) is 0 Å². The first kappa shape index (κ1) is 14.6. The minimum atomic E-state index is 0.687. The summed E-state index contributed by atoms with van der Waals surface area (Å²) < 4.78 is 9.33. The quantitative estimate of drug-likeness (QED) is 0.712. The zero-order valence-electron chi connectivity index (χ0n) is 12.2. The highest BCUT2D eigenvalue weighted by Gasteiger charge is 2.04. The van der Waals surface area contributed by atoms with Crippen LogP contribution in [0.15, 0.2) is 24.9 Å². The number of anilines is 1. The van der Waals surface area contributed by atoms with Gasteiger partial charge in [0.05, 0.1) is 18.6 Å². The Balaban J connectivity index is 1.76. The van der Waals surface area contributed by atoms with E-state index < -0.39 is 0 Å². The van der Waals surface area contributed by atoms with Crippen LogP contribution in [0.4, 0.5) is 5.95 Å². The van der Waals surface area contributed by atoms with E-state index in [0.29, 0.717) is 6.61 Å². The molecule has 2 aromatic rings. The van der Waals surface area contributed by atoms with Crippen molar-refractivity contribution in [3.05, 3.63) is 30.6 Å². The van der Waals surface area contributed by atoms with Gasteiger partial charge in [-0.2, -0.15) is 0 Å². The number of rotatable bonds is 9. The van der Waals surface area contributed by atoms with Gasteiger partial charge in [0.15, 0.2) is 0 Å². The smallest absolute Gasteiger partial charge is 0.203 e. The van der Waals surface area contributed by atoms with Crippen LogP contribution in [0, 0.1) is 6.92 Å². The summed E-state index contributed by atoms with van der Waals surface area (Å²) in [5.41, 5.74) is 1.04. The highest BCUT2D eigenvalue weighted by molar-refractivity contribution is 5.28. The largest absolute Gasteiger partial charge is 0.383 e. The van der Waals surface area contributed by atoms with Crippen molar-refractivity contribution in [2.75, 3.05) is 25.6 Å². The second-order valence-corrected chi connectivity index (χ2v) is 4.83. The average Bonchev–Trinajstić information content (AvgIpc) is 3.05. The number of aryl methyl sites for hydroxylation is 3. The fraction of sp³-hybridized carbons (Fsp3) is 0.571. The monoisotopic (exact) mass is 277 g/mol. The third-order valence-corrected chi connectivity index (χ3v) is 3.11. The summed E-state index contributed by atoms with van der Waals surface area (Å²) in [5, 5.41) is 3.30. The first-order valence-corrected chi connectivity index (χ1v) is 7.02. The number of nitrogens with one attached hydrogen (secondary N) is 1. The van der Waals surface area contributed by atoms with Gasteiger partial charge in [0.25, 0.3) is 0 Å². The van der Waals surface area contributed by atoms with Crippen molar-refractivity contribution in [3.63, 3.8) is 0 Å². The van der Waals surface area contributed by atoms with E-state index in [1.165, 1.54) is 0 Å². The van der Waals surface area contributed by atoms with Crippen LogP contribution in [0.3, 0.4) is 0 Å². The lowest BCUT2D eigenvalue weighted by Gasteiger charge is -2.09. The SMILES string of the molecule is COCCNc1nc(C)cn1CCCCn1ccnc1. The predicted molar refractivity (Wildman–Crippen MR) is 78.8 cm³/mol. The third-order valence-electron chi connectivity index (χ3n) is 3.11. The van der Waals surface area contributed by atoms with Gasteiger partial charge in [-0.05, 0) is 19.8 Å². The highest BCUT2D eigenvalue weighted by Crippen LogP contribution is 2.10. The Hall–Kier alpha value is -1.82. The summed E-state index contributed by atoms with van der Waals surface area (Å²) in [7, 11) is 1.70. The van der Waals surface area contributed by atoms with Crippen molar-refractivity contribution in [1.82, 2.24) is 19.1 Å². The molecule has 110 valence electrons. The molecule has 0 amide bonds. The second-order valence-electron chi connectivity index (χ2n) is 4.83. The Morgan fingerprint density at radius 2 is 2.15 bits per heavy atom. The molecular formula is C14H23N5O. The van der Waals surface area contributed by atoms with E-state index in [-0.39, 0.29) is 0 Å². The third kappa shape index (κ3) is 4.38. The molecule has 6 heteroatoms. The Morgan fingerprint density at radius 3 is 2.90 bits per heavy atom. The van der Waals surface area contributed by atoms with E-state index in [0.717, 1.165) is 44.1 Å². The van der Waals surface area contributed by atoms with Crippen molar-refractivity contribution >= 4 is 5.95 Å². The van der Waals surface area contributed by atoms with E-state index in [2.05, 4.69) is 30.6 Å². The Kier molecular flexibility index (Phi) is 5.61. The van der Waals surface area contributed by atoms with Crippen LogP contribution in [0.1, 0.15) is 18.5 Å². The molecule has 2 heterocycles. The predicted octanol–water partition coefficient (Wildman–Crippen LogP) is 1.93.